The van der Waals surface area contributed by atoms with Gasteiger partial charge in [0.05, 0.1) is 35.5 Å². The van der Waals surface area contributed by atoms with E-state index in [0.717, 1.165) is 24.2 Å². The molecule has 7 nitrogen and oxygen atoms in total. The molecule has 214 valence electrons. The Morgan fingerprint density at radius 1 is 1.26 bits per heavy atom. The number of hydrogen-bond acceptors (Lipinski definition) is 6. The minimum absolute atomic E-state index is 0.0192. The van der Waals surface area contributed by atoms with Gasteiger partial charge in [-0.15, -0.1) is 11.3 Å². The van der Waals surface area contributed by atoms with Crippen molar-refractivity contribution in [2.45, 2.75) is 97.3 Å². The second kappa shape index (κ2) is 12.1. The molecule has 3 aliphatic rings. The molecule has 2 heterocycles. The highest BCUT2D eigenvalue weighted by molar-refractivity contribution is 7.15. The van der Waals surface area contributed by atoms with Gasteiger partial charge in [-0.3, -0.25) is 4.79 Å². The molecule has 4 rings (SSSR count). The molecule has 0 spiro atoms. The summed E-state index contributed by atoms with van der Waals surface area (Å²) in [7, 11) is 0. The van der Waals surface area contributed by atoms with E-state index in [1.807, 2.05) is 20.8 Å². The lowest BCUT2D eigenvalue weighted by molar-refractivity contribution is -0.125. The largest absolute Gasteiger partial charge is 0.477 e. The van der Waals surface area contributed by atoms with Gasteiger partial charge in [-0.1, -0.05) is 30.4 Å². The molecule has 1 aromatic heterocycles. The van der Waals surface area contributed by atoms with Gasteiger partial charge in [0.1, 0.15) is 4.88 Å². The molecule has 0 bridgehead atoms. The number of nitrogens with zero attached hydrogens (tertiary/aromatic N) is 1. The third kappa shape index (κ3) is 7.52. The second-order valence-corrected chi connectivity index (χ2v) is 13.7. The summed E-state index contributed by atoms with van der Waals surface area (Å²) >= 11 is 1.13. The number of rotatable bonds is 7. The maximum Gasteiger partial charge on any atom is 0.348 e. The van der Waals surface area contributed by atoms with Crippen LogP contribution in [0, 0.1) is 29.1 Å². The minimum atomic E-state index is -1.05. The normalized spacial score (nSPS) is 29.3. The zero-order valence-corrected chi connectivity index (χ0v) is 24.7. The SMILES string of the molecule is CC1=CCC(C(=O)N(c2cc(C#CC(C)(C)C)sc2C(=O)O)C2CCC(O)(CO[C@H]3CCOC3)CC2)[C@@H](C)C1. The Morgan fingerprint density at radius 3 is 2.56 bits per heavy atom. The summed E-state index contributed by atoms with van der Waals surface area (Å²) in [5.74, 6) is 5.19. The summed E-state index contributed by atoms with van der Waals surface area (Å²) in [4.78, 5) is 29.2. The van der Waals surface area contributed by atoms with Gasteiger partial charge < -0.3 is 24.6 Å². The lowest BCUT2D eigenvalue weighted by atomic mass is 9.78. The molecule has 2 aliphatic carbocycles. The van der Waals surface area contributed by atoms with Crippen molar-refractivity contribution in [3.63, 3.8) is 0 Å². The van der Waals surface area contributed by atoms with Crippen molar-refractivity contribution in [1.82, 2.24) is 0 Å². The molecular weight excluding hydrogens is 514 g/mol. The number of carboxylic acid groups (broad SMARTS) is 1. The van der Waals surface area contributed by atoms with Crippen molar-refractivity contribution in [2.24, 2.45) is 17.3 Å². The molecule has 0 aromatic carbocycles. The molecule has 2 fully saturated rings. The average molecular weight is 558 g/mol. The average Bonchev–Trinajstić information content (AvgIpc) is 3.53. The summed E-state index contributed by atoms with van der Waals surface area (Å²) in [5, 5.41) is 21.4. The number of aromatic carboxylic acids is 1. The maximum atomic E-state index is 14.2. The standard InChI is InChI=1S/C31H43NO6S/c1-20-6-7-25(21(2)16-20)28(33)32(26-17-24(10-12-30(3,4)5)39-27(26)29(34)35)22-8-13-31(36,14-9-22)19-38-23-11-15-37-18-23/h6,17,21-23,25,36H,7-9,11,13-16,18-19H2,1-5H3,(H,34,35)/t21-,22?,23-,25?,31?/m0/s1. The first kappa shape index (κ1) is 29.8. The maximum absolute atomic E-state index is 14.2. The zero-order chi connectivity index (χ0) is 28.4. The van der Waals surface area contributed by atoms with E-state index in [0.29, 0.717) is 55.9 Å². The number of carboxylic acids is 1. The van der Waals surface area contributed by atoms with Gasteiger partial charge in [0.2, 0.25) is 5.91 Å². The quantitative estimate of drug-likeness (QED) is 0.332. The van der Waals surface area contributed by atoms with E-state index < -0.39 is 11.6 Å². The molecule has 39 heavy (non-hydrogen) atoms. The summed E-state index contributed by atoms with van der Waals surface area (Å²) < 4.78 is 11.3. The van der Waals surface area contributed by atoms with Gasteiger partial charge in [0, 0.05) is 24.0 Å². The molecule has 0 radical (unpaired) electrons. The van der Waals surface area contributed by atoms with Crippen LogP contribution in [0.3, 0.4) is 0 Å². The highest BCUT2D eigenvalue weighted by Crippen LogP contribution is 2.41. The van der Waals surface area contributed by atoms with Crippen LogP contribution in [-0.2, 0) is 14.3 Å². The molecule has 2 N–H and O–H groups in total. The summed E-state index contributed by atoms with van der Waals surface area (Å²) in [6.07, 6.45) is 6.61. The third-order valence-electron chi connectivity index (χ3n) is 8.06. The molecule has 3 atom stereocenters. The van der Waals surface area contributed by atoms with E-state index in [-0.39, 0.29) is 46.8 Å². The second-order valence-electron chi connectivity index (χ2n) is 12.7. The van der Waals surface area contributed by atoms with Gasteiger partial charge in [0.15, 0.2) is 0 Å². The van der Waals surface area contributed by atoms with Gasteiger partial charge in [0.25, 0.3) is 0 Å². The van der Waals surface area contributed by atoms with Crippen molar-refractivity contribution >= 4 is 28.9 Å². The van der Waals surface area contributed by atoms with E-state index in [4.69, 9.17) is 9.47 Å². The first-order valence-corrected chi connectivity index (χ1v) is 15.0. The molecular formula is C31H43NO6S. The highest BCUT2D eigenvalue weighted by Gasteiger charge is 2.42. The van der Waals surface area contributed by atoms with E-state index >= 15 is 0 Å². The highest BCUT2D eigenvalue weighted by atomic mass is 32.1. The number of ether oxygens (including phenoxy) is 2. The van der Waals surface area contributed by atoms with Gasteiger partial charge >= 0.3 is 5.97 Å². The van der Waals surface area contributed by atoms with Crippen molar-refractivity contribution in [3.05, 3.63) is 27.5 Å². The van der Waals surface area contributed by atoms with E-state index in [1.165, 1.54) is 5.57 Å². The molecule has 1 amide bonds. The van der Waals surface area contributed by atoms with E-state index in [9.17, 15) is 19.8 Å². The minimum Gasteiger partial charge on any atom is -0.477 e. The Hall–Kier alpha value is -2.18. The number of thiophene rings is 1. The molecule has 1 unspecified atom stereocenters. The Balaban J connectivity index is 1.62. The molecule has 1 saturated carbocycles. The number of hydrogen-bond donors (Lipinski definition) is 2. The van der Waals surface area contributed by atoms with Gasteiger partial charge in [-0.05, 0) is 84.6 Å². The molecule has 1 aliphatic heterocycles. The summed E-state index contributed by atoms with van der Waals surface area (Å²) in [5.41, 5.74) is 0.531. The predicted octanol–water partition coefficient (Wildman–Crippen LogP) is 5.65. The van der Waals surface area contributed by atoms with Crippen LogP contribution in [0.15, 0.2) is 17.7 Å². The van der Waals surface area contributed by atoms with Crippen LogP contribution >= 0.6 is 11.3 Å². The number of carbonyl (C=O) groups is 2. The van der Waals surface area contributed by atoms with Gasteiger partial charge in [-0.2, -0.15) is 0 Å². The number of anilines is 1. The van der Waals surface area contributed by atoms with Crippen LogP contribution in [-0.4, -0.2) is 59.7 Å². The predicted molar refractivity (Wildman–Crippen MR) is 153 cm³/mol. The van der Waals surface area contributed by atoms with Crippen LogP contribution in [0.2, 0.25) is 0 Å². The van der Waals surface area contributed by atoms with Crippen LogP contribution in [0.25, 0.3) is 0 Å². The molecule has 1 aromatic rings. The smallest absolute Gasteiger partial charge is 0.348 e. The monoisotopic (exact) mass is 557 g/mol. The fraction of sp³-hybridized carbons (Fsp3) is 0.677. The van der Waals surface area contributed by atoms with Crippen LogP contribution in [0.5, 0.6) is 0 Å². The topological polar surface area (TPSA) is 96.3 Å². The Bertz CT molecular complexity index is 1140. The van der Waals surface area contributed by atoms with Crippen LogP contribution < -0.4 is 4.90 Å². The van der Waals surface area contributed by atoms with Gasteiger partial charge in [-0.25, -0.2) is 4.79 Å². The summed E-state index contributed by atoms with van der Waals surface area (Å²) in [6, 6.07) is 1.58. The number of aliphatic hydroxyl groups is 1. The van der Waals surface area contributed by atoms with E-state index in [1.54, 1.807) is 11.0 Å². The molecule has 8 heteroatoms. The Kier molecular flexibility index (Phi) is 9.27. The fourth-order valence-corrected chi connectivity index (χ4v) is 6.64. The van der Waals surface area contributed by atoms with Crippen molar-refractivity contribution in [3.8, 4) is 11.8 Å². The van der Waals surface area contributed by atoms with Crippen molar-refractivity contribution in [2.75, 3.05) is 24.7 Å². The number of amides is 1. The van der Waals surface area contributed by atoms with Crippen molar-refractivity contribution < 1.29 is 29.3 Å². The first-order chi connectivity index (χ1) is 18.3. The summed E-state index contributed by atoms with van der Waals surface area (Å²) in [6.45, 7) is 11.7. The lowest BCUT2D eigenvalue weighted by Crippen LogP contribution is -2.51. The lowest BCUT2D eigenvalue weighted by Gasteiger charge is -2.42. The van der Waals surface area contributed by atoms with Crippen LogP contribution in [0.4, 0.5) is 5.69 Å². The zero-order valence-electron chi connectivity index (χ0n) is 23.9. The fourth-order valence-electron chi connectivity index (χ4n) is 5.80. The first-order valence-electron chi connectivity index (χ1n) is 14.2. The number of allylic oxidation sites excluding steroid dienone is 2. The third-order valence-corrected chi connectivity index (χ3v) is 9.09. The number of carbonyl (C=O) groups excluding carboxylic acids is 1. The molecule has 1 saturated heterocycles. The van der Waals surface area contributed by atoms with Crippen LogP contribution in [0.1, 0.15) is 94.1 Å². The van der Waals surface area contributed by atoms with Crippen molar-refractivity contribution in [1.29, 1.82) is 0 Å². The van der Waals surface area contributed by atoms with E-state index in [2.05, 4.69) is 31.8 Å². The Morgan fingerprint density at radius 2 is 1.97 bits per heavy atom. The Labute approximate surface area is 236 Å².